The number of para-hydroxylation sites is 2. The molecule has 0 bridgehead atoms. The standard InChI is InChI=1S/C51H30FN3O2/c52-40-19-15-33(16-20-40)51-54-45(32-13-11-31(12-14-32)36-6-5-23-53-30-36)29-46(55-51)39-25-37(34-17-21-49-43(27-34)41-7-1-3-9-47(41)56-49)24-38(26-39)35-18-22-50-44(28-35)42-8-2-4-10-48(42)57-50/h1-30H. The fraction of sp³-hybridized carbons (Fsp3) is 0. The molecule has 0 saturated heterocycles. The molecule has 0 saturated carbocycles. The zero-order valence-electron chi connectivity index (χ0n) is 30.4. The summed E-state index contributed by atoms with van der Waals surface area (Å²) < 4.78 is 26.5. The fourth-order valence-corrected chi connectivity index (χ4v) is 7.76. The van der Waals surface area contributed by atoms with Gasteiger partial charge in [-0.1, -0.05) is 78.9 Å². The molecule has 5 nitrogen and oxygen atoms in total. The van der Waals surface area contributed by atoms with Gasteiger partial charge in [-0.25, -0.2) is 14.4 Å². The minimum Gasteiger partial charge on any atom is -0.456 e. The van der Waals surface area contributed by atoms with Crippen molar-refractivity contribution in [1.82, 2.24) is 15.0 Å². The van der Waals surface area contributed by atoms with Crippen molar-refractivity contribution in [2.45, 2.75) is 0 Å². The molecule has 0 N–H and O–H groups in total. The van der Waals surface area contributed by atoms with Gasteiger partial charge in [0.15, 0.2) is 5.82 Å². The van der Waals surface area contributed by atoms with Gasteiger partial charge in [0.05, 0.1) is 11.4 Å². The first-order chi connectivity index (χ1) is 28.1. The molecule has 4 aromatic heterocycles. The Balaban J connectivity index is 1.12. The summed E-state index contributed by atoms with van der Waals surface area (Å²) in [6.07, 6.45) is 3.63. The fourth-order valence-electron chi connectivity index (χ4n) is 7.76. The van der Waals surface area contributed by atoms with Crippen LogP contribution in [0.4, 0.5) is 4.39 Å². The number of benzene rings is 7. The number of fused-ring (bicyclic) bond motifs is 6. The predicted octanol–water partition coefficient (Wildman–Crippen LogP) is 13.8. The van der Waals surface area contributed by atoms with Crippen LogP contribution in [0.25, 0.3) is 111 Å². The number of pyridine rings is 1. The van der Waals surface area contributed by atoms with Crippen molar-refractivity contribution in [2.24, 2.45) is 0 Å². The highest BCUT2D eigenvalue weighted by Gasteiger charge is 2.16. The zero-order chi connectivity index (χ0) is 37.9. The highest BCUT2D eigenvalue weighted by atomic mass is 19.1. The maximum Gasteiger partial charge on any atom is 0.160 e. The largest absolute Gasteiger partial charge is 0.456 e. The van der Waals surface area contributed by atoms with Gasteiger partial charge in [0.25, 0.3) is 0 Å². The highest BCUT2D eigenvalue weighted by molar-refractivity contribution is 6.07. The Kier molecular flexibility index (Phi) is 7.60. The van der Waals surface area contributed by atoms with E-state index in [9.17, 15) is 4.39 Å². The van der Waals surface area contributed by atoms with Crippen LogP contribution in [0.3, 0.4) is 0 Å². The molecular weight excluding hydrogens is 706 g/mol. The van der Waals surface area contributed by atoms with Gasteiger partial charge in [-0.05, 0) is 124 Å². The lowest BCUT2D eigenvalue weighted by molar-refractivity contribution is 0.628. The van der Waals surface area contributed by atoms with Gasteiger partial charge in [-0.3, -0.25) is 4.98 Å². The van der Waals surface area contributed by atoms with Gasteiger partial charge in [-0.2, -0.15) is 0 Å². The zero-order valence-corrected chi connectivity index (χ0v) is 30.4. The van der Waals surface area contributed by atoms with Gasteiger partial charge in [0.1, 0.15) is 28.1 Å². The molecule has 0 atom stereocenters. The molecular formula is C51H30FN3O2. The van der Waals surface area contributed by atoms with E-state index in [4.69, 9.17) is 18.8 Å². The number of hydrogen-bond donors (Lipinski definition) is 0. The average molecular weight is 736 g/mol. The van der Waals surface area contributed by atoms with E-state index in [1.54, 1.807) is 18.3 Å². The van der Waals surface area contributed by atoms with Crippen LogP contribution >= 0.6 is 0 Å². The first-order valence-electron chi connectivity index (χ1n) is 18.7. The summed E-state index contributed by atoms with van der Waals surface area (Å²) in [7, 11) is 0. The first kappa shape index (κ1) is 32.7. The van der Waals surface area contributed by atoms with Crippen molar-refractivity contribution in [3.05, 3.63) is 188 Å². The highest BCUT2D eigenvalue weighted by Crippen LogP contribution is 2.39. The molecule has 0 aliphatic carbocycles. The predicted molar refractivity (Wildman–Crippen MR) is 227 cm³/mol. The monoisotopic (exact) mass is 735 g/mol. The van der Waals surface area contributed by atoms with Crippen LogP contribution in [0, 0.1) is 5.82 Å². The molecule has 0 aliphatic rings. The van der Waals surface area contributed by atoms with Crippen molar-refractivity contribution in [3.8, 4) is 67.3 Å². The van der Waals surface area contributed by atoms with E-state index in [1.165, 1.54) is 12.1 Å². The summed E-state index contributed by atoms with van der Waals surface area (Å²) in [5, 5.41) is 4.25. The van der Waals surface area contributed by atoms with Gasteiger partial charge in [0, 0.05) is 50.6 Å². The minimum atomic E-state index is -0.316. The van der Waals surface area contributed by atoms with Crippen molar-refractivity contribution in [2.75, 3.05) is 0 Å². The van der Waals surface area contributed by atoms with Crippen LogP contribution in [0.15, 0.2) is 191 Å². The van der Waals surface area contributed by atoms with Crippen LogP contribution in [0.5, 0.6) is 0 Å². The van der Waals surface area contributed by atoms with Crippen LogP contribution in [0.1, 0.15) is 0 Å². The van der Waals surface area contributed by atoms with Gasteiger partial charge in [0.2, 0.25) is 0 Å². The molecule has 4 heterocycles. The number of nitrogens with zero attached hydrogens (tertiary/aromatic N) is 3. The molecule has 7 aromatic carbocycles. The van der Waals surface area contributed by atoms with Crippen LogP contribution in [-0.4, -0.2) is 15.0 Å². The Labute approximate surface area is 326 Å². The van der Waals surface area contributed by atoms with E-state index in [0.717, 1.165) is 105 Å². The van der Waals surface area contributed by atoms with Gasteiger partial charge >= 0.3 is 0 Å². The normalized spacial score (nSPS) is 11.6. The third kappa shape index (κ3) is 5.92. The van der Waals surface area contributed by atoms with Crippen molar-refractivity contribution in [3.63, 3.8) is 0 Å². The Bertz CT molecular complexity index is 3160. The van der Waals surface area contributed by atoms with E-state index in [0.29, 0.717) is 5.82 Å². The molecule has 0 spiro atoms. The summed E-state index contributed by atoms with van der Waals surface area (Å²) in [6, 6.07) is 56.2. The molecule has 11 aromatic rings. The molecule has 11 rings (SSSR count). The lowest BCUT2D eigenvalue weighted by atomic mass is 9.93. The number of furan rings is 2. The molecule has 0 fully saturated rings. The molecule has 0 unspecified atom stereocenters. The van der Waals surface area contributed by atoms with Crippen molar-refractivity contribution >= 4 is 43.9 Å². The van der Waals surface area contributed by atoms with Crippen molar-refractivity contribution in [1.29, 1.82) is 0 Å². The summed E-state index contributed by atoms with van der Waals surface area (Å²) in [6.45, 7) is 0. The number of aromatic nitrogens is 3. The summed E-state index contributed by atoms with van der Waals surface area (Å²) >= 11 is 0. The molecule has 268 valence electrons. The van der Waals surface area contributed by atoms with E-state index in [-0.39, 0.29) is 5.82 Å². The third-order valence-electron chi connectivity index (χ3n) is 10.7. The number of halogens is 1. The first-order valence-corrected chi connectivity index (χ1v) is 18.7. The Morgan fingerprint density at radius 3 is 1.46 bits per heavy atom. The van der Waals surface area contributed by atoms with E-state index in [1.807, 2.05) is 72.9 Å². The second-order valence-corrected chi connectivity index (χ2v) is 14.2. The van der Waals surface area contributed by atoms with Gasteiger partial charge < -0.3 is 8.83 Å². The number of hydrogen-bond acceptors (Lipinski definition) is 5. The lowest BCUT2D eigenvalue weighted by Gasteiger charge is -2.14. The lowest BCUT2D eigenvalue weighted by Crippen LogP contribution is -1.97. The van der Waals surface area contributed by atoms with Crippen LogP contribution < -0.4 is 0 Å². The molecule has 0 amide bonds. The maximum atomic E-state index is 14.1. The van der Waals surface area contributed by atoms with Crippen LogP contribution in [0.2, 0.25) is 0 Å². The van der Waals surface area contributed by atoms with E-state index < -0.39 is 0 Å². The van der Waals surface area contributed by atoms with Gasteiger partial charge in [-0.15, -0.1) is 0 Å². The van der Waals surface area contributed by atoms with Crippen molar-refractivity contribution < 1.29 is 13.2 Å². The van der Waals surface area contributed by atoms with E-state index >= 15 is 0 Å². The number of rotatable bonds is 6. The van der Waals surface area contributed by atoms with Crippen LogP contribution in [-0.2, 0) is 0 Å². The minimum absolute atomic E-state index is 0.316. The molecule has 0 radical (unpaired) electrons. The molecule has 0 aliphatic heterocycles. The second-order valence-electron chi connectivity index (χ2n) is 14.2. The smallest absolute Gasteiger partial charge is 0.160 e. The quantitative estimate of drug-likeness (QED) is 0.170. The Hall–Kier alpha value is -7.70. The maximum absolute atomic E-state index is 14.1. The molecule has 57 heavy (non-hydrogen) atoms. The Morgan fingerprint density at radius 1 is 0.351 bits per heavy atom. The Morgan fingerprint density at radius 2 is 0.860 bits per heavy atom. The topological polar surface area (TPSA) is 65.0 Å². The van der Waals surface area contributed by atoms with E-state index in [2.05, 4.69) is 83.8 Å². The third-order valence-corrected chi connectivity index (χ3v) is 10.7. The molecule has 6 heteroatoms. The average Bonchev–Trinajstić information content (AvgIpc) is 3.84. The SMILES string of the molecule is Fc1ccc(-c2nc(-c3ccc(-c4cccnc4)cc3)cc(-c3cc(-c4ccc5oc6ccccc6c5c4)cc(-c4ccc5oc6ccccc6c5c4)c3)n2)cc1. The summed E-state index contributed by atoms with van der Waals surface area (Å²) in [5.41, 5.74) is 13.7. The summed E-state index contributed by atoms with van der Waals surface area (Å²) in [5.74, 6) is 0.187. The second kappa shape index (κ2) is 13.3. The summed E-state index contributed by atoms with van der Waals surface area (Å²) in [4.78, 5) is 14.5.